The molecule has 2 heterocycles. The summed E-state index contributed by atoms with van der Waals surface area (Å²) in [5.41, 5.74) is -0.0441. The number of aryl methyl sites for hydroxylation is 2. The Morgan fingerprint density at radius 3 is 2.86 bits per heavy atom. The number of hydrogen-bond acceptors (Lipinski definition) is 3. The van der Waals surface area contributed by atoms with Crippen molar-refractivity contribution in [3.05, 3.63) is 38.7 Å². The van der Waals surface area contributed by atoms with Crippen molar-refractivity contribution in [2.45, 2.75) is 6.92 Å². The first-order valence-electron chi connectivity index (χ1n) is 4.15. The summed E-state index contributed by atoms with van der Waals surface area (Å²) in [7, 11) is 1.56. The van der Waals surface area contributed by atoms with Gasteiger partial charge in [-0.2, -0.15) is 5.10 Å². The van der Waals surface area contributed by atoms with E-state index < -0.39 is 0 Å². The van der Waals surface area contributed by atoms with Gasteiger partial charge in [-0.05, 0) is 6.92 Å². The van der Waals surface area contributed by atoms with Gasteiger partial charge in [0.05, 0.1) is 11.6 Å². The molecule has 0 atom stereocenters. The van der Waals surface area contributed by atoms with E-state index in [-0.39, 0.29) is 11.1 Å². The molecular weight excluding hydrogens is 182 g/mol. The van der Waals surface area contributed by atoms with Crippen molar-refractivity contribution in [3.63, 3.8) is 0 Å². The van der Waals surface area contributed by atoms with Gasteiger partial charge in [0, 0.05) is 24.2 Å². The standard InChI is InChI=1S/C9H9N3O2/c1-5-7-6(3-10-8(5)13)4-11-12(2)9(7)14/h3-4H,1-2H3,(H,10,13). The average molecular weight is 191 g/mol. The summed E-state index contributed by atoms with van der Waals surface area (Å²) in [4.78, 5) is 25.5. The molecule has 72 valence electrons. The third kappa shape index (κ3) is 1.06. The molecular formula is C9H9N3O2. The van der Waals surface area contributed by atoms with Crippen LogP contribution >= 0.6 is 0 Å². The minimum absolute atomic E-state index is 0.235. The predicted octanol–water partition coefficient (Wildman–Crippen LogP) is -0.0698. The lowest BCUT2D eigenvalue weighted by molar-refractivity contribution is 0.717. The second-order valence-corrected chi connectivity index (χ2v) is 3.15. The normalized spacial score (nSPS) is 10.7. The summed E-state index contributed by atoms with van der Waals surface area (Å²) in [6.07, 6.45) is 3.05. The van der Waals surface area contributed by atoms with Gasteiger partial charge in [0.15, 0.2) is 0 Å². The number of H-pyrrole nitrogens is 1. The number of nitrogens with one attached hydrogen (secondary N) is 1. The van der Waals surface area contributed by atoms with Gasteiger partial charge < -0.3 is 4.98 Å². The molecule has 0 aliphatic heterocycles. The Morgan fingerprint density at radius 1 is 1.43 bits per heavy atom. The van der Waals surface area contributed by atoms with Crippen molar-refractivity contribution < 1.29 is 0 Å². The Morgan fingerprint density at radius 2 is 2.14 bits per heavy atom. The van der Waals surface area contributed by atoms with E-state index in [4.69, 9.17) is 0 Å². The minimum Gasteiger partial charge on any atom is -0.328 e. The van der Waals surface area contributed by atoms with E-state index in [2.05, 4.69) is 10.1 Å². The van der Waals surface area contributed by atoms with Crippen molar-refractivity contribution in [1.82, 2.24) is 14.8 Å². The molecule has 0 amide bonds. The van der Waals surface area contributed by atoms with Crippen molar-refractivity contribution in [2.75, 3.05) is 0 Å². The molecule has 2 aromatic heterocycles. The zero-order valence-corrected chi connectivity index (χ0v) is 7.87. The first-order chi connectivity index (χ1) is 6.61. The zero-order valence-electron chi connectivity index (χ0n) is 7.87. The van der Waals surface area contributed by atoms with Crippen molar-refractivity contribution in [3.8, 4) is 0 Å². The third-order valence-electron chi connectivity index (χ3n) is 2.24. The molecule has 0 fully saturated rings. The maximum Gasteiger partial charge on any atom is 0.274 e. The van der Waals surface area contributed by atoms with Gasteiger partial charge in [-0.25, -0.2) is 4.68 Å². The SMILES string of the molecule is Cc1c(=O)[nH]cc2cnn(C)c(=O)c12. The summed E-state index contributed by atoms with van der Waals surface area (Å²) in [6.45, 7) is 1.63. The first-order valence-corrected chi connectivity index (χ1v) is 4.15. The summed E-state index contributed by atoms with van der Waals surface area (Å²) >= 11 is 0. The highest BCUT2D eigenvalue weighted by molar-refractivity contribution is 5.82. The maximum atomic E-state index is 11.6. The van der Waals surface area contributed by atoms with Gasteiger partial charge in [-0.1, -0.05) is 0 Å². The van der Waals surface area contributed by atoms with E-state index in [1.54, 1.807) is 20.2 Å². The number of nitrogens with zero attached hydrogens (tertiary/aromatic N) is 2. The molecule has 0 unspecified atom stereocenters. The van der Waals surface area contributed by atoms with Crippen LogP contribution in [0.5, 0.6) is 0 Å². The third-order valence-corrected chi connectivity index (χ3v) is 2.24. The van der Waals surface area contributed by atoms with Crippen LogP contribution in [0.15, 0.2) is 22.0 Å². The average Bonchev–Trinajstić information content (AvgIpc) is 2.17. The Hall–Kier alpha value is -1.91. The van der Waals surface area contributed by atoms with Crippen molar-refractivity contribution >= 4 is 10.8 Å². The molecule has 0 bridgehead atoms. The summed E-state index contributed by atoms with van der Waals surface area (Å²) in [5, 5.41) is 4.95. The van der Waals surface area contributed by atoms with E-state index in [9.17, 15) is 9.59 Å². The molecule has 0 spiro atoms. The lowest BCUT2D eigenvalue weighted by atomic mass is 10.1. The van der Waals surface area contributed by atoms with Gasteiger partial charge in [-0.3, -0.25) is 9.59 Å². The lowest BCUT2D eigenvalue weighted by Crippen LogP contribution is -2.23. The Bertz CT molecular complexity index is 609. The van der Waals surface area contributed by atoms with Gasteiger partial charge in [0.25, 0.3) is 11.1 Å². The number of rotatable bonds is 0. The van der Waals surface area contributed by atoms with Crippen molar-refractivity contribution in [1.29, 1.82) is 0 Å². The fraction of sp³-hybridized carbons (Fsp3) is 0.222. The van der Waals surface area contributed by atoms with Gasteiger partial charge in [0.1, 0.15) is 0 Å². The molecule has 0 aliphatic rings. The summed E-state index contributed by atoms with van der Waals surface area (Å²) in [6, 6.07) is 0. The highest BCUT2D eigenvalue weighted by Crippen LogP contribution is 2.06. The van der Waals surface area contributed by atoms with Crippen LogP contribution in [0.25, 0.3) is 10.8 Å². The molecule has 5 heteroatoms. The molecule has 0 aliphatic carbocycles. The fourth-order valence-electron chi connectivity index (χ4n) is 1.40. The molecule has 1 N–H and O–H groups in total. The van der Waals surface area contributed by atoms with Crippen molar-refractivity contribution in [2.24, 2.45) is 7.05 Å². The highest BCUT2D eigenvalue weighted by atomic mass is 16.1. The van der Waals surface area contributed by atoms with E-state index >= 15 is 0 Å². The maximum absolute atomic E-state index is 11.6. The Kier molecular flexibility index (Phi) is 1.73. The molecule has 0 aromatic carbocycles. The summed E-state index contributed by atoms with van der Waals surface area (Å²) < 4.78 is 1.22. The van der Waals surface area contributed by atoms with E-state index in [0.29, 0.717) is 16.3 Å². The van der Waals surface area contributed by atoms with Crippen LogP contribution in [0, 0.1) is 6.92 Å². The number of aromatic amines is 1. The zero-order chi connectivity index (χ0) is 10.3. The molecule has 0 saturated heterocycles. The minimum atomic E-state index is -0.244. The van der Waals surface area contributed by atoms with Crippen LogP contribution in [-0.2, 0) is 7.05 Å². The van der Waals surface area contributed by atoms with Crippen LogP contribution in [0.2, 0.25) is 0 Å². The van der Waals surface area contributed by atoms with Gasteiger partial charge in [-0.15, -0.1) is 0 Å². The molecule has 5 nitrogen and oxygen atoms in total. The monoisotopic (exact) mass is 191 g/mol. The van der Waals surface area contributed by atoms with E-state index in [1.165, 1.54) is 10.9 Å². The molecule has 2 aromatic rings. The summed E-state index contributed by atoms with van der Waals surface area (Å²) in [5.74, 6) is 0. The van der Waals surface area contributed by atoms with Gasteiger partial charge in [0.2, 0.25) is 0 Å². The largest absolute Gasteiger partial charge is 0.328 e. The van der Waals surface area contributed by atoms with Crippen LogP contribution in [0.1, 0.15) is 5.56 Å². The topological polar surface area (TPSA) is 67.8 Å². The Labute approximate surface area is 79.0 Å². The van der Waals surface area contributed by atoms with E-state index in [1.807, 2.05) is 0 Å². The number of aromatic nitrogens is 3. The highest BCUT2D eigenvalue weighted by Gasteiger charge is 2.06. The number of fused-ring (bicyclic) bond motifs is 1. The fourth-order valence-corrected chi connectivity index (χ4v) is 1.40. The Balaban J connectivity index is 3.14. The predicted molar refractivity (Wildman–Crippen MR) is 52.3 cm³/mol. The van der Waals surface area contributed by atoms with Crippen LogP contribution in [0.3, 0.4) is 0 Å². The lowest BCUT2D eigenvalue weighted by Gasteiger charge is -2.01. The molecule has 2 rings (SSSR count). The first kappa shape index (κ1) is 8.68. The number of hydrogen-bond donors (Lipinski definition) is 1. The van der Waals surface area contributed by atoms with Gasteiger partial charge >= 0.3 is 0 Å². The quantitative estimate of drug-likeness (QED) is 0.633. The second kappa shape index (κ2) is 2.80. The van der Waals surface area contributed by atoms with Crippen LogP contribution < -0.4 is 11.1 Å². The van der Waals surface area contributed by atoms with E-state index in [0.717, 1.165) is 0 Å². The van der Waals surface area contributed by atoms with Crippen LogP contribution in [0.4, 0.5) is 0 Å². The molecule has 0 radical (unpaired) electrons. The second-order valence-electron chi connectivity index (χ2n) is 3.15. The number of pyridine rings is 1. The smallest absolute Gasteiger partial charge is 0.274 e. The molecule has 0 saturated carbocycles. The molecule has 14 heavy (non-hydrogen) atoms. The van der Waals surface area contributed by atoms with Crippen LogP contribution in [-0.4, -0.2) is 14.8 Å².